The van der Waals surface area contributed by atoms with Crippen LogP contribution < -0.4 is 14.8 Å². The first-order valence-electron chi connectivity index (χ1n) is 12.2. The molecule has 192 valence electrons. The van der Waals surface area contributed by atoms with Crippen molar-refractivity contribution in [3.8, 4) is 17.2 Å². The zero-order valence-corrected chi connectivity index (χ0v) is 22.0. The Morgan fingerprint density at radius 3 is 2.78 bits per heavy atom. The van der Waals surface area contributed by atoms with Crippen LogP contribution in [-0.4, -0.2) is 65.4 Å². The van der Waals surface area contributed by atoms with Crippen molar-refractivity contribution in [3.05, 3.63) is 77.5 Å². The second-order valence-electron chi connectivity index (χ2n) is 9.14. The number of aliphatic hydroxyl groups excluding tert-OH is 1. The van der Waals surface area contributed by atoms with Crippen molar-refractivity contribution in [1.82, 2.24) is 19.8 Å². The van der Waals surface area contributed by atoms with E-state index < -0.39 is 6.23 Å². The van der Waals surface area contributed by atoms with E-state index in [2.05, 4.69) is 25.1 Å². The van der Waals surface area contributed by atoms with Crippen LogP contribution in [0, 0.1) is 0 Å². The molecular weight excluding hydrogens is 486 g/mol. The maximum Gasteiger partial charge on any atom is 0.169 e. The molecule has 4 aromatic rings. The van der Waals surface area contributed by atoms with E-state index in [0.717, 1.165) is 47.0 Å². The quantitative estimate of drug-likeness (QED) is 0.299. The normalized spacial score (nSPS) is 14.7. The molecule has 8 nitrogen and oxygen atoms in total. The van der Waals surface area contributed by atoms with E-state index >= 15 is 0 Å². The maximum absolute atomic E-state index is 10.7. The third-order valence-electron chi connectivity index (χ3n) is 6.22. The number of thiophene rings is 1. The molecule has 2 aromatic carbocycles. The Morgan fingerprint density at radius 1 is 1.16 bits per heavy atom. The molecule has 1 aliphatic rings. The number of methoxy groups -OCH3 is 1. The van der Waals surface area contributed by atoms with Crippen molar-refractivity contribution in [3.63, 3.8) is 0 Å². The summed E-state index contributed by atoms with van der Waals surface area (Å²) in [6.45, 7) is 2.25. The van der Waals surface area contributed by atoms with Crippen molar-refractivity contribution in [2.45, 2.75) is 19.2 Å². The van der Waals surface area contributed by atoms with Crippen molar-refractivity contribution in [2.75, 3.05) is 39.6 Å². The Bertz CT molecular complexity index is 1390. The van der Waals surface area contributed by atoms with Crippen LogP contribution >= 0.6 is 11.3 Å². The highest BCUT2D eigenvalue weighted by Crippen LogP contribution is 2.40. The summed E-state index contributed by atoms with van der Waals surface area (Å²) in [5.41, 5.74) is 2.09. The summed E-state index contributed by atoms with van der Waals surface area (Å²) >= 11 is 1.66. The first-order chi connectivity index (χ1) is 18.0. The van der Waals surface area contributed by atoms with E-state index in [1.807, 2.05) is 74.8 Å². The zero-order chi connectivity index (χ0) is 25.8. The Kier molecular flexibility index (Phi) is 7.66. The fourth-order valence-electron chi connectivity index (χ4n) is 4.37. The van der Waals surface area contributed by atoms with Crippen LogP contribution in [-0.2, 0) is 13.0 Å². The molecule has 0 spiro atoms. The van der Waals surface area contributed by atoms with Gasteiger partial charge in [0.15, 0.2) is 11.5 Å². The number of para-hydroxylation sites is 1. The van der Waals surface area contributed by atoms with Gasteiger partial charge in [0.1, 0.15) is 29.0 Å². The molecule has 5 rings (SSSR count). The fourth-order valence-corrected chi connectivity index (χ4v) is 5.58. The molecule has 9 heteroatoms. The van der Waals surface area contributed by atoms with Gasteiger partial charge in [0.2, 0.25) is 0 Å². The largest absolute Gasteiger partial charge is 0.493 e. The number of ether oxygens (including phenoxy) is 2. The number of hydrogen-bond acceptors (Lipinski definition) is 9. The summed E-state index contributed by atoms with van der Waals surface area (Å²) in [6, 6.07) is 15.4. The van der Waals surface area contributed by atoms with Crippen LogP contribution in [0.25, 0.3) is 10.2 Å². The number of aromatic nitrogens is 2. The van der Waals surface area contributed by atoms with E-state index in [-0.39, 0.29) is 0 Å². The molecular formula is C28H31N5O3S. The van der Waals surface area contributed by atoms with E-state index in [1.54, 1.807) is 24.8 Å². The van der Waals surface area contributed by atoms with Gasteiger partial charge in [0.25, 0.3) is 0 Å². The molecule has 1 unspecified atom stereocenters. The molecule has 0 aliphatic carbocycles. The lowest BCUT2D eigenvalue weighted by Crippen LogP contribution is -2.37. The number of hydrogen-bond donors (Lipinski definition) is 2. The van der Waals surface area contributed by atoms with Crippen molar-refractivity contribution < 1.29 is 14.6 Å². The van der Waals surface area contributed by atoms with Crippen molar-refractivity contribution in [1.29, 1.82) is 0 Å². The number of aliphatic hydroxyl groups is 1. The van der Waals surface area contributed by atoms with Crippen LogP contribution in [0.1, 0.15) is 10.4 Å². The maximum atomic E-state index is 10.7. The molecule has 0 saturated heterocycles. The van der Waals surface area contributed by atoms with E-state index in [1.165, 1.54) is 10.4 Å². The number of benzene rings is 2. The highest BCUT2D eigenvalue weighted by Gasteiger charge is 2.26. The Hall–Kier alpha value is -3.50. The minimum atomic E-state index is -0.605. The first kappa shape index (κ1) is 25.2. The second-order valence-corrected chi connectivity index (χ2v) is 10.2. The molecule has 2 N–H and O–H groups in total. The van der Waals surface area contributed by atoms with Gasteiger partial charge in [-0.1, -0.05) is 24.3 Å². The summed E-state index contributed by atoms with van der Waals surface area (Å²) in [7, 11) is 5.65. The Balaban J connectivity index is 1.36. The molecule has 0 amide bonds. The average molecular weight is 518 g/mol. The molecule has 37 heavy (non-hydrogen) atoms. The van der Waals surface area contributed by atoms with Crippen LogP contribution in [0.5, 0.6) is 17.2 Å². The van der Waals surface area contributed by atoms with Gasteiger partial charge in [0, 0.05) is 36.3 Å². The van der Waals surface area contributed by atoms with Crippen molar-refractivity contribution in [2.24, 2.45) is 0 Å². The summed E-state index contributed by atoms with van der Waals surface area (Å²) in [5, 5.41) is 15.2. The Morgan fingerprint density at radius 2 is 2.00 bits per heavy atom. The number of likely N-dealkylation sites (N-methyl/N-ethyl adjacent to an activating group) is 1. The summed E-state index contributed by atoms with van der Waals surface area (Å²) in [5.74, 6) is 2.77. The van der Waals surface area contributed by atoms with Gasteiger partial charge >= 0.3 is 0 Å². The highest BCUT2D eigenvalue weighted by atomic mass is 32.1. The third kappa shape index (κ3) is 5.75. The lowest BCUT2D eigenvalue weighted by Gasteiger charge is -2.29. The molecule has 1 atom stereocenters. The molecule has 2 aromatic heterocycles. The third-order valence-corrected chi connectivity index (χ3v) is 7.34. The van der Waals surface area contributed by atoms with Gasteiger partial charge < -0.3 is 24.8 Å². The molecule has 0 bridgehead atoms. The van der Waals surface area contributed by atoms with Gasteiger partial charge in [-0.05, 0) is 56.4 Å². The zero-order valence-electron chi connectivity index (χ0n) is 21.2. The standard InChI is InChI=1S/C28H31N5O3S/c1-32(2)14-7-10-25(34)33-15-13-21-24(17-33)37-28-26(21)27(29-18-30-28)31-19-11-12-22(23(16-19)35-3)36-20-8-5-4-6-9-20/h4-12,16,18,25,34H,13-15,17H2,1-3H3,(H,29,30,31)/b10-7+. The minimum Gasteiger partial charge on any atom is -0.493 e. The predicted octanol–water partition coefficient (Wildman–Crippen LogP) is 5.03. The van der Waals surface area contributed by atoms with E-state index in [0.29, 0.717) is 18.0 Å². The number of fused-ring (bicyclic) bond motifs is 3. The lowest BCUT2D eigenvalue weighted by molar-refractivity contribution is 0.0325. The molecule has 0 saturated carbocycles. The number of rotatable bonds is 9. The lowest BCUT2D eigenvalue weighted by atomic mass is 10.0. The van der Waals surface area contributed by atoms with Gasteiger partial charge in [0.05, 0.1) is 12.5 Å². The van der Waals surface area contributed by atoms with Crippen LogP contribution in [0.2, 0.25) is 0 Å². The molecule has 0 radical (unpaired) electrons. The van der Waals surface area contributed by atoms with E-state index in [4.69, 9.17) is 9.47 Å². The summed E-state index contributed by atoms with van der Waals surface area (Å²) in [4.78, 5) is 15.4. The number of nitrogens with zero attached hydrogens (tertiary/aromatic N) is 4. The average Bonchev–Trinajstić information content (AvgIpc) is 3.28. The van der Waals surface area contributed by atoms with Gasteiger partial charge in [-0.25, -0.2) is 9.97 Å². The fraction of sp³-hybridized carbons (Fsp3) is 0.286. The second kappa shape index (κ2) is 11.3. The van der Waals surface area contributed by atoms with Gasteiger partial charge in [-0.15, -0.1) is 11.3 Å². The summed E-state index contributed by atoms with van der Waals surface area (Å²) < 4.78 is 11.6. The van der Waals surface area contributed by atoms with Gasteiger partial charge in [-0.3, -0.25) is 4.90 Å². The van der Waals surface area contributed by atoms with Gasteiger partial charge in [-0.2, -0.15) is 0 Å². The molecule has 3 heterocycles. The van der Waals surface area contributed by atoms with Crippen molar-refractivity contribution >= 4 is 33.1 Å². The van der Waals surface area contributed by atoms with E-state index in [9.17, 15) is 5.11 Å². The SMILES string of the molecule is COc1cc(Nc2ncnc3sc4c(c23)CCN(C(O)/C=C/CN(C)C)C4)ccc1Oc1ccccc1. The molecule has 0 fully saturated rings. The van der Waals surface area contributed by atoms with Crippen LogP contribution in [0.4, 0.5) is 11.5 Å². The minimum absolute atomic E-state index is 0.605. The van der Waals surface area contributed by atoms with Crippen LogP contribution in [0.3, 0.4) is 0 Å². The smallest absolute Gasteiger partial charge is 0.169 e. The van der Waals surface area contributed by atoms with Crippen LogP contribution in [0.15, 0.2) is 67.0 Å². The molecule has 1 aliphatic heterocycles. The predicted molar refractivity (Wildman–Crippen MR) is 148 cm³/mol. The number of nitrogens with one attached hydrogen (secondary N) is 1. The Labute approximate surface area is 220 Å². The topological polar surface area (TPSA) is 83.0 Å². The summed E-state index contributed by atoms with van der Waals surface area (Å²) in [6.07, 6.45) is 5.68. The monoisotopic (exact) mass is 517 g/mol. The number of anilines is 2. The highest BCUT2D eigenvalue weighted by molar-refractivity contribution is 7.19. The first-order valence-corrected chi connectivity index (χ1v) is 13.0.